The van der Waals surface area contributed by atoms with Crippen LogP contribution in [0.4, 0.5) is 5.69 Å². The van der Waals surface area contributed by atoms with Gasteiger partial charge in [0.05, 0.1) is 16.5 Å². The van der Waals surface area contributed by atoms with Gasteiger partial charge < -0.3 is 9.88 Å². The highest BCUT2D eigenvalue weighted by atomic mass is 79.9. The van der Waals surface area contributed by atoms with Gasteiger partial charge in [-0.3, -0.25) is 4.79 Å². The highest BCUT2D eigenvalue weighted by molar-refractivity contribution is 9.10. The molecule has 1 aromatic heterocycles. The molecule has 5 nitrogen and oxygen atoms in total. The summed E-state index contributed by atoms with van der Waals surface area (Å²) in [5.74, 6) is 2.37. The summed E-state index contributed by atoms with van der Waals surface area (Å²) < 4.78 is 2.80. The summed E-state index contributed by atoms with van der Waals surface area (Å²) in [5, 5.41) is 13.9. The predicted molar refractivity (Wildman–Crippen MR) is 136 cm³/mol. The van der Waals surface area contributed by atoms with E-state index in [9.17, 15) is 4.79 Å². The van der Waals surface area contributed by atoms with E-state index in [1.807, 2.05) is 23.6 Å². The van der Waals surface area contributed by atoms with Gasteiger partial charge in [0.25, 0.3) is 0 Å². The normalized spacial score (nSPS) is 11.0. The second-order valence-electron chi connectivity index (χ2n) is 6.34. The van der Waals surface area contributed by atoms with Crippen molar-refractivity contribution in [3.05, 3.63) is 67.3 Å². The van der Waals surface area contributed by atoms with Crippen LogP contribution in [0.3, 0.4) is 0 Å². The molecule has 0 bridgehead atoms. The molecule has 31 heavy (non-hydrogen) atoms. The SMILES string of the molecule is CCn1c(CSCc2ccc(Cl)cc2Cl)nnc1SCC(=O)Nc1ccc(Br)c(Cl)c1. The molecule has 0 spiro atoms. The van der Waals surface area contributed by atoms with Crippen LogP contribution < -0.4 is 5.32 Å². The van der Waals surface area contributed by atoms with Crippen molar-refractivity contribution in [1.29, 1.82) is 0 Å². The average Bonchev–Trinajstić information content (AvgIpc) is 3.12. The molecule has 164 valence electrons. The number of hydrogen-bond donors (Lipinski definition) is 1. The van der Waals surface area contributed by atoms with Gasteiger partial charge in [-0.05, 0) is 58.7 Å². The fourth-order valence-electron chi connectivity index (χ4n) is 2.64. The van der Waals surface area contributed by atoms with E-state index >= 15 is 0 Å². The van der Waals surface area contributed by atoms with Crippen LogP contribution in [0.5, 0.6) is 0 Å². The van der Waals surface area contributed by atoms with E-state index in [2.05, 4.69) is 31.4 Å². The van der Waals surface area contributed by atoms with Crippen molar-refractivity contribution in [2.45, 2.75) is 30.1 Å². The van der Waals surface area contributed by atoms with Crippen LogP contribution in [0.15, 0.2) is 46.0 Å². The number of nitrogens with zero attached hydrogens (tertiary/aromatic N) is 3. The average molecular weight is 581 g/mol. The van der Waals surface area contributed by atoms with Crippen LogP contribution in [0, 0.1) is 0 Å². The second-order valence-corrected chi connectivity index (χ2v) is 10.4. The highest BCUT2D eigenvalue weighted by Crippen LogP contribution is 2.28. The lowest BCUT2D eigenvalue weighted by Gasteiger charge is -2.09. The van der Waals surface area contributed by atoms with Crippen molar-refractivity contribution in [1.82, 2.24) is 14.8 Å². The third kappa shape index (κ3) is 7.04. The molecule has 3 aromatic rings. The first-order valence-corrected chi connectivity index (χ1v) is 13.3. The predicted octanol–water partition coefficient (Wildman–Crippen LogP) is 7.18. The number of anilines is 1. The van der Waals surface area contributed by atoms with Crippen molar-refractivity contribution >= 4 is 85.9 Å². The van der Waals surface area contributed by atoms with Crippen LogP contribution in [-0.4, -0.2) is 26.4 Å². The number of carbonyl (C=O) groups is 1. The van der Waals surface area contributed by atoms with Crippen molar-refractivity contribution in [2.75, 3.05) is 11.1 Å². The third-order valence-corrected chi connectivity index (χ3v) is 7.91. The molecule has 0 aliphatic rings. The minimum atomic E-state index is -0.137. The third-order valence-electron chi connectivity index (χ3n) is 4.15. The van der Waals surface area contributed by atoms with Gasteiger partial charge in [0.1, 0.15) is 5.82 Å². The van der Waals surface area contributed by atoms with E-state index in [1.54, 1.807) is 36.0 Å². The second kappa shape index (κ2) is 11.8. The van der Waals surface area contributed by atoms with E-state index < -0.39 is 0 Å². The molecule has 3 rings (SSSR count). The number of aromatic nitrogens is 3. The highest BCUT2D eigenvalue weighted by Gasteiger charge is 2.14. The number of rotatable bonds is 9. The summed E-state index contributed by atoms with van der Waals surface area (Å²) in [6, 6.07) is 10.8. The van der Waals surface area contributed by atoms with Crippen molar-refractivity contribution in [2.24, 2.45) is 0 Å². The lowest BCUT2D eigenvalue weighted by Crippen LogP contribution is -2.14. The zero-order valence-electron chi connectivity index (χ0n) is 16.4. The lowest BCUT2D eigenvalue weighted by atomic mass is 10.2. The Balaban J connectivity index is 1.54. The van der Waals surface area contributed by atoms with Gasteiger partial charge >= 0.3 is 0 Å². The molecule has 0 saturated carbocycles. The molecule has 1 amide bonds. The Bertz CT molecular complexity index is 1080. The summed E-state index contributed by atoms with van der Waals surface area (Å²) in [6.07, 6.45) is 0. The summed E-state index contributed by atoms with van der Waals surface area (Å²) >= 11 is 24.6. The number of carbonyl (C=O) groups excluding carboxylic acids is 1. The Morgan fingerprint density at radius 1 is 1.10 bits per heavy atom. The molecule has 1 heterocycles. The smallest absolute Gasteiger partial charge is 0.234 e. The standard InChI is InChI=1S/C20H18BrCl3N4OS2/c1-2-28-18(10-30-9-12-3-4-13(22)7-16(12)23)26-27-20(28)31-11-19(29)25-14-5-6-15(21)17(24)8-14/h3-8H,2,9-11H2,1H3,(H,25,29). The molecule has 1 N–H and O–H groups in total. The molecule has 0 aliphatic carbocycles. The molecular formula is C20H18BrCl3N4OS2. The monoisotopic (exact) mass is 578 g/mol. The van der Waals surface area contributed by atoms with Crippen molar-refractivity contribution in [3.8, 4) is 0 Å². The zero-order valence-corrected chi connectivity index (χ0v) is 21.9. The molecule has 0 radical (unpaired) electrons. The summed E-state index contributed by atoms with van der Waals surface area (Å²) in [4.78, 5) is 12.3. The number of hydrogen-bond acceptors (Lipinski definition) is 5. The molecule has 0 saturated heterocycles. The number of nitrogens with one attached hydrogen (secondary N) is 1. The number of halogens is 4. The summed E-state index contributed by atoms with van der Waals surface area (Å²) in [7, 11) is 0. The Kier molecular flexibility index (Phi) is 9.43. The molecule has 0 atom stereocenters. The fourth-order valence-corrected chi connectivity index (χ4v) is 5.42. The van der Waals surface area contributed by atoms with E-state index in [0.717, 1.165) is 28.2 Å². The quantitative estimate of drug-likeness (QED) is 0.272. The number of thioether (sulfide) groups is 2. The molecular weight excluding hydrogens is 563 g/mol. The molecule has 2 aromatic carbocycles. The van der Waals surface area contributed by atoms with E-state index in [4.69, 9.17) is 34.8 Å². The summed E-state index contributed by atoms with van der Waals surface area (Å²) in [5.41, 5.74) is 1.67. The Morgan fingerprint density at radius 2 is 1.90 bits per heavy atom. The Labute approximate surface area is 212 Å². The van der Waals surface area contributed by atoms with Gasteiger partial charge in [-0.2, -0.15) is 0 Å². The largest absolute Gasteiger partial charge is 0.325 e. The van der Waals surface area contributed by atoms with Gasteiger partial charge in [-0.15, -0.1) is 22.0 Å². The maximum absolute atomic E-state index is 12.3. The van der Waals surface area contributed by atoms with E-state index in [1.165, 1.54) is 11.8 Å². The Hall–Kier alpha value is -0.900. The van der Waals surface area contributed by atoms with Gasteiger partial charge in [0, 0.05) is 32.5 Å². The van der Waals surface area contributed by atoms with Gasteiger partial charge in [0.2, 0.25) is 5.91 Å². The van der Waals surface area contributed by atoms with E-state index in [-0.39, 0.29) is 11.7 Å². The lowest BCUT2D eigenvalue weighted by molar-refractivity contribution is -0.113. The minimum Gasteiger partial charge on any atom is -0.325 e. The molecule has 0 unspecified atom stereocenters. The summed E-state index contributed by atoms with van der Waals surface area (Å²) in [6.45, 7) is 2.75. The topological polar surface area (TPSA) is 59.8 Å². The minimum absolute atomic E-state index is 0.137. The van der Waals surface area contributed by atoms with E-state index in [0.29, 0.717) is 31.7 Å². The van der Waals surface area contributed by atoms with Gasteiger partial charge in [-0.25, -0.2) is 0 Å². The zero-order chi connectivity index (χ0) is 22.4. The first kappa shape index (κ1) is 24.7. The van der Waals surface area contributed by atoms with Crippen LogP contribution in [-0.2, 0) is 22.8 Å². The first-order chi connectivity index (χ1) is 14.9. The fraction of sp³-hybridized carbons (Fsp3) is 0.250. The Morgan fingerprint density at radius 3 is 2.61 bits per heavy atom. The number of amides is 1. The van der Waals surface area contributed by atoms with Crippen LogP contribution in [0.25, 0.3) is 0 Å². The molecule has 0 aliphatic heterocycles. The van der Waals surface area contributed by atoms with Crippen LogP contribution >= 0.6 is 74.3 Å². The van der Waals surface area contributed by atoms with Crippen LogP contribution in [0.2, 0.25) is 15.1 Å². The van der Waals surface area contributed by atoms with Gasteiger partial charge in [0.15, 0.2) is 5.16 Å². The number of benzene rings is 2. The van der Waals surface area contributed by atoms with Gasteiger partial charge in [-0.1, -0.05) is 52.6 Å². The van der Waals surface area contributed by atoms with Crippen molar-refractivity contribution < 1.29 is 4.79 Å². The first-order valence-electron chi connectivity index (χ1n) is 9.18. The van der Waals surface area contributed by atoms with Crippen molar-refractivity contribution in [3.63, 3.8) is 0 Å². The molecule has 11 heteroatoms. The maximum atomic E-state index is 12.3. The molecule has 0 fully saturated rings. The van der Waals surface area contributed by atoms with Crippen LogP contribution in [0.1, 0.15) is 18.3 Å². The maximum Gasteiger partial charge on any atom is 0.234 e.